The van der Waals surface area contributed by atoms with E-state index in [4.69, 9.17) is 0 Å². The van der Waals surface area contributed by atoms with Gasteiger partial charge in [-0.15, -0.1) is 5.10 Å². The average Bonchev–Trinajstić information content (AvgIpc) is 2.81. The van der Waals surface area contributed by atoms with Crippen molar-refractivity contribution >= 4 is 33.5 Å². The van der Waals surface area contributed by atoms with Gasteiger partial charge in [0.25, 0.3) is 0 Å². The molecule has 1 heterocycles. The second-order valence-corrected chi connectivity index (χ2v) is 6.06. The second kappa shape index (κ2) is 6.86. The zero-order valence-electron chi connectivity index (χ0n) is 10.5. The summed E-state index contributed by atoms with van der Waals surface area (Å²) in [5, 5.41) is 7.58. The Hall–Kier alpha value is -1.14. The van der Waals surface area contributed by atoms with E-state index in [2.05, 4.69) is 31.1 Å². The number of thioether (sulfide) groups is 1. The number of ketones is 1. The number of Topliss-reactive ketones (excluding diaryl/α,β-unsaturated/α-hetero) is 1. The highest BCUT2D eigenvalue weighted by Gasteiger charge is 2.06. The molecule has 0 saturated heterocycles. The third-order valence-electron chi connectivity index (χ3n) is 2.52. The number of H-pyrrole nitrogens is 1. The molecule has 0 spiro atoms. The summed E-state index contributed by atoms with van der Waals surface area (Å²) in [7, 11) is 0. The molecule has 1 N–H and O–H groups in total. The SMILES string of the molecule is Cc1nc(SCCCC(=O)c2ccc(Br)cc2)n[nH]1. The third-order valence-corrected chi connectivity index (χ3v) is 3.98. The van der Waals surface area contributed by atoms with Gasteiger partial charge < -0.3 is 0 Å². The highest BCUT2D eigenvalue weighted by atomic mass is 79.9. The molecule has 1 aromatic heterocycles. The molecule has 6 heteroatoms. The van der Waals surface area contributed by atoms with E-state index in [1.165, 1.54) is 0 Å². The molecule has 2 aromatic rings. The van der Waals surface area contributed by atoms with Crippen LogP contribution in [0, 0.1) is 6.92 Å². The topological polar surface area (TPSA) is 58.6 Å². The van der Waals surface area contributed by atoms with Gasteiger partial charge in [-0.3, -0.25) is 9.89 Å². The number of nitrogens with one attached hydrogen (secondary N) is 1. The molecule has 0 radical (unpaired) electrons. The molecule has 4 nitrogen and oxygen atoms in total. The molecule has 100 valence electrons. The second-order valence-electron chi connectivity index (χ2n) is 4.09. The van der Waals surface area contributed by atoms with Gasteiger partial charge in [-0.1, -0.05) is 39.8 Å². The molecule has 0 atom stereocenters. The molecule has 0 bridgehead atoms. The number of hydrogen-bond acceptors (Lipinski definition) is 4. The van der Waals surface area contributed by atoms with E-state index in [1.807, 2.05) is 31.2 Å². The molecule has 19 heavy (non-hydrogen) atoms. The number of aromatic amines is 1. The smallest absolute Gasteiger partial charge is 0.208 e. The monoisotopic (exact) mass is 339 g/mol. The van der Waals surface area contributed by atoms with Crippen molar-refractivity contribution in [3.8, 4) is 0 Å². The molecule has 0 fully saturated rings. The number of carbonyl (C=O) groups is 1. The summed E-state index contributed by atoms with van der Waals surface area (Å²) in [6, 6.07) is 7.47. The van der Waals surface area contributed by atoms with Crippen LogP contribution in [0.3, 0.4) is 0 Å². The molecular weight excluding hydrogens is 326 g/mol. The van der Waals surface area contributed by atoms with Crippen molar-refractivity contribution in [2.75, 3.05) is 5.75 Å². The van der Waals surface area contributed by atoms with Crippen LogP contribution >= 0.6 is 27.7 Å². The molecule has 0 unspecified atom stereocenters. The molecule has 0 aliphatic heterocycles. The van der Waals surface area contributed by atoms with Crippen molar-refractivity contribution in [2.24, 2.45) is 0 Å². The first-order chi connectivity index (χ1) is 9.15. The van der Waals surface area contributed by atoms with Gasteiger partial charge in [-0.2, -0.15) is 0 Å². The molecule has 0 amide bonds. The van der Waals surface area contributed by atoms with Crippen molar-refractivity contribution in [3.63, 3.8) is 0 Å². The van der Waals surface area contributed by atoms with Crippen LogP contribution in [0.1, 0.15) is 29.0 Å². The summed E-state index contributed by atoms with van der Waals surface area (Å²) in [6.45, 7) is 1.87. The van der Waals surface area contributed by atoms with Gasteiger partial charge in [0.15, 0.2) is 5.78 Å². The Labute approximate surface area is 124 Å². The van der Waals surface area contributed by atoms with E-state index in [9.17, 15) is 4.79 Å². The number of rotatable bonds is 6. The molecule has 1 aromatic carbocycles. The minimum atomic E-state index is 0.180. The van der Waals surface area contributed by atoms with Crippen molar-refractivity contribution < 1.29 is 4.79 Å². The van der Waals surface area contributed by atoms with Crippen LogP contribution in [-0.4, -0.2) is 26.7 Å². The minimum Gasteiger partial charge on any atom is -0.294 e. The number of hydrogen-bond donors (Lipinski definition) is 1. The Bertz CT molecular complexity index is 553. The van der Waals surface area contributed by atoms with Crippen molar-refractivity contribution in [2.45, 2.75) is 24.9 Å². The first-order valence-electron chi connectivity index (χ1n) is 5.96. The largest absolute Gasteiger partial charge is 0.294 e. The fourth-order valence-electron chi connectivity index (χ4n) is 1.56. The first-order valence-corrected chi connectivity index (χ1v) is 7.73. The number of carbonyl (C=O) groups excluding carboxylic acids is 1. The zero-order chi connectivity index (χ0) is 13.7. The standard InChI is InChI=1S/C13H14BrN3OS/c1-9-15-13(17-16-9)19-8-2-3-12(18)10-4-6-11(14)7-5-10/h4-7H,2-3,8H2,1H3,(H,15,16,17). The van der Waals surface area contributed by atoms with Crippen LogP contribution in [-0.2, 0) is 0 Å². The lowest BCUT2D eigenvalue weighted by molar-refractivity contribution is 0.0982. The predicted octanol–water partition coefficient (Wildman–Crippen LogP) is 3.63. The van der Waals surface area contributed by atoms with E-state index in [0.29, 0.717) is 6.42 Å². The molecule has 0 aliphatic carbocycles. The van der Waals surface area contributed by atoms with Crippen molar-refractivity contribution in [1.82, 2.24) is 15.2 Å². The number of aromatic nitrogens is 3. The number of benzene rings is 1. The lowest BCUT2D eigenvalue weighted by atomic mass is 10.1. The van der Waals surface area contributed by atoms with Crippen LogP contribution in [0.4, 0.5) is 0 Å². The lowest BCUT2D eigenvalue weighted by Gasteiger charge is -2.00. The summed E-state index contributed by atoms with van der Waals surface area (Å²) < 4.78 is 0.986. The van der Waals surface area contributed by atoms with Gasteiger partial charge in [0, 0.05) is 22.2 Å². The van der Waals surface area contributed by atoms with E-state index in [-0.39, 0.29) is 5.78 Å². The molecule has 0 saturated carbocycles. The quantitative estimate of drug-likeness (QED) is 0.496. The maximum atomic E-state index is 11.9. The van der Waals surface area contributed by atoms with E-state index >= 15 is 0 Å². The summed E-state index contributed by atoms with van der Waals surface area (Å²) >= 11 is 4.92. The van der Waals surface area contributed by atoms with Crippen molar-refractivity contribution in [1.29, 1.82) is 0 Å². The Morgan fingerprint density at radius 1 is 1.37 bits per heavy atom. The summed E-state index contributed by atoms with van der Waals surface area (Å²) in [5.74, 6) is 1.84. The minimum absolute atomic E-state index is 0.180. The van der Waals surface area contributed by atoms with Crippen LogP contribution < -0.4 is 0 Å². The van der Waals surface area contributed by atoms with E-state index in [0.717, 1.165) is 33.2 Å². The third kappa shape index (κ3) is 4.47. The van der Waals surface area contributed by atoms with E-state index < -0.39 is 0 Å². The number of aryl methyl sites for hydroxylation is 1. The normalized spacial score (nSPS) is 10.6. The van der Waals surface area contributed by atoms with Crippen LogP contribution in [0.25, 0.3) is 0 Å². The fourth-order valence-corrected chi connectivity index (χ4v) is 2.61. The van der Waals surface area contributed by atoms with E-state index in [1.54, 1.807) is 11.8 Å². The van der Waals surface area contributed by atoms with Gasteiger partial charge in [0.2, 0.25) is 5.16 Å². The maximum absolute atomic E-state index is 11.9. The Balaban J connectivity index is 1.73. The van der Waals surface area contributed by atoms with Crippen LogP contribution in [0.2, 0.25) is 0 Å². The van der Waals surface area contributed by atoms with Gasteiger partial charge in [0.1, 0.15) is 5.82 Å². The highest BCUT2D eigenvalue weighted by molar-refractivity contribution is 9.10. The Morgan fingerprint density at radius 2 is 2.11 bits per heavy atom. The van der Waals surface area contributed by atoms with Gasteiger partial charge in [-0.05, 0) is 25.5 Å². The van der Waals surface area contributed by atoms with Crippen LogP contribution in [0.15, 0.2) is 33.9 Å². The summed E-state index contributed by atoms with van der Waals surface area (Å²) in [5.41, 5.74) is 0.766. The fraction of sp³-hybridized carbons (Fsp3) is 0.308. The highest BCUT2D eigenvalue weighted by Crippen LogP contribution is 2.16. The zero-order valence-corrected chi connectivity index (χ0v) is 12.9. The predicted molar refractivity (Wildman–Crippen MR) is 79.6 cm³/mol. The first kappa shape index (κ1) is 14.3. The average molecular weight is 340 g/mol. The Kier molecular flexibility index (Phi) is 5.15. The lowest BCUT2D eigenvalue weighted by Crippen LogP contribution is -1.99. The van der Waals surface area contributed by atoms with Crippen molar-refractivity contribution in [3.05, 3.63) is 40.1 Å². The summed E-state index contributed by atoms with van der Waals surface area (Å²) in [6.07, 6.45) is 1.38. The Morgan fingerprint density at radius 3 is 2.74 bits per heavy atom. The van der Waals surface area contributed by atoms with Gasteiger partial charge in [0.05, 0.1) is 0 Å². The number of halogens is 1. The van der Waals surface area contributed by atoms with Gasteiger partial charge in [-0.25, -0.2) is 4.98 Å². The summed E-state index contributed by atoms with van der Waals surface area (Å²) in [4.78, 5) is 16.1. The van der Waals surface area contributed by atoms with Crippen LogP contribution in [0.5, 0.6) is 0 Å². The molecule has 2 rings (SSSR count). The number of nitrogens with zero attached hydrogens (tertiary/aromatic N) is 2. The molecular formula is C13H14BrN3OS. The molecule has 0 aliphatic rings. The van der Waals surface area contributed by atoms with Gasteiger partial charge >= 0.3 is 0 Å². The maximum Gasteiger partial charge on any atom is 0.208 e.